The molecule has 1 aliphatic heterocycles. The lowest BCUT2D eigenvalue weighted by Crippen LogP contribution is -2.05. The highest BCUT2D eigenvalue weighted by Crippen LogP contribution is 2.38. The van der Waals surface area contributed by atoms with E-state index in [-0.39, 0.29) is 0 Å². The number of fused-ring (bicyclic) bond motifs is 1. The van der Waals surface area contributed by atoms with Crippen molar-refractivity contribution < 1.29 is 4.74 Å². The zero-order valence-corrected chi connectivity index (χ0v) is 12.2. The summed E-state index contributed by atoms with van der Waals surface area (Å²) in [6, 6.07) is 6.29. The van der Waals surface area contributed by atoms with Gasteiger partial charge in [0.1, 0.15) is 17.4 Å². The Morgan fingerprint density at radius 1 is 1.30 bits per heavy atom. The summed E-state index contributed by atoms with van der Waals surface area (Å²) in [7, 11) is 1.89. The lowest BCUT2D eigenvalue weighted by Gasteiger charge is -2.14. The van der Waals surface area contributed by atoms with Gasteiger partial charge in [-0.25, -0.2) is 9.97 Å². The van der Waals surface area contributed by atoms with Crippen molar-refractivity contribution in [3.8, 4) is 17.0 Å². The predicted molar refractivity (Wildman–Crippen MR) is 80.3 cm³/mol. The van der Waals surface area contributed by atoms with Crippen LogP contribution in [0.3, 0.4) is 0 Å². The second-order valence-electron chi connectivity index (χ2n) is 4.96. The maximum Gasteiger partial charge on any atom is 0.133 e. The van der Waals surface area contributed by atoms with Crippen molar-refractivity contribution in [2.75, 3.05) is 19.0 Å². The Kier molecular flexibility index (Phi) is 3.30. The average Bonchev–Trinajstić information content (AvgIpc) is 2.96. The Bertz CT molecular complexity index is 652. The molecule has 1 aromatic heterocycles. The van der Waals surface area contributed by atoms with E-state index in [2.05, 4.69) is 42.3 Å². The van der Waals surface area contributed by atoms with Crippen molar-refractivity contribution in [2.24, 2.45) is 0 Å². The van der Waals surface area contributed by atoms with Gasteiger partial charge < -0.3 is 10.1 Å². The van der Waals surface area contributed by atoms with Crippen LogP contribution >= 0.6 is 0 Å². The molecule has 0 aliphatic carbocycles. The van der Waals surface area contributed by atoms with Crippen LogP contribution < -0.4 is 10.1 Å². The zero-order chi connectivity index (χ0) is 14.1. The molecule has 2 heterocycles. The minimum Gasteiger partial charge on any atom is -0.492 e. The van der Waals surface area contributed by atoms with Crippen LogP contribution in [0.5, 0.6) is 5.75 Å². The second kappa shape index (κ2) is 5.12. The van der Waals surface area contributed by atoms with Crippen molar-refractivity contribution in [3.05, 3.63) is 35.2 Å². The third kappa shape index (κ3) is 2.01. The molecular weight excluding hydrogens is 250 g/mol. The number of benzene rings is 1. The molecule has 0 spiro atoms. The predicted octanol–water partition coefficient (Wildman–Crippen LogP) is 2.99. The molecule has 0 saturated heterocycles. The van der Waals surface area contributed by atoms with Crippen molar-refractivity contribution in [3.63, 3.8) is 0 Å². The largest absolute Gasteiger partial charge is 0.492 e. The SMILES string of the molecule is CCc1nc(NC)c(C)c(-c2cccc3c2OCC3)n1. The fourth-order valence-corrected chi connectivity index (χ4v) is 2.63. The fraction of sp³-hybridized carbons (Fsp3) is 0.375. The van der Waals surface area contributed by atoms with Crippen LogP contribution in [0, 0.1) is 6.92 Å². The molecule has 0 atom stereocenters. The van der Waals surface area contributed by atoms with Gasteiger partial charge >= 0.3 is 0 Å². The van der Waals surface area contributed by atoms with Gasteiger partial charge in [-0.2, -0.15) is 0 Å². The minimum absolute atomic E-state index is 0.760. The highest BCUT2D eigenvalue weighted by Gasteiger charge is 2.20. The first-order valence-corrected chi connectivity index (χ1v) is 7.05. The van der Waals surface area contributed by atoms with Crippen molar-refractivity contribution >= 4 is 5.82 Å². The minimum atomic E-state index is 0.760. The Hall–Kier alpha value is -2.10. The second-order valence-corrected chi connectivity index (χ2v) is 4.96. The number of ether oxygens (including phenoxy) is 1. The molecule has 0 amide bonds. The number of nitrogens with zero attached hydrogens (tertiary/aromatic N) is 2. The molecule has 4 heteroatoms. The van der Waals surface area contributed by atoms with Gasteiger partial charge in [0.2, 0.25) is 0 Å². The third-order valence-corrected chi connectivity index (χ3v) is 3.71. The van der Waals surface area contributed by atoms with Gasteiger partial charge in [-0.05, 0) is 18.6 Å². The molecule has 0 saturated carbocycles. The highest BCUT2D eigenvalue weighted by atomic mass is 16.5. The van der Waals surface area contributed by atoms with Gasteiger partial charge in [-0.1, -0.05) is 19.1 Å². The maximum absolute atomic E-state index is 5.81. The number of hydrogen-bond donors (Lipinski definition) is 1. The summed E-state index contributed by atoms with van der Waals surface area (Å²) in [5, 5.41) is 3.16. The number of nitrogens with one attached hydrogen (secondary N) is 1. The molecule has 2 aromatic rings. The molecule has 4 nitrogen and oxygen atoms in total. The van der Waals surface area contributed by atoms with Crippen molar-refractivity contribution in [1.29, 1.82) is 0 Å². The van der Waals surface area contributed by atoms with E-state index in [1.165, 1.54) is 5.56 Å². The van der Waals surface area contributed by atoms with Crippen LogP contribution in [0.1, 0.15) is 23.9 Å². The first-order valence-electron chi connectivity index (χ1n) is 7.05. The van der Waals surface area contributed by atoms with E-state index >= 15 is 0 Å². The number of aromatic nitrogens is 2. The molecule has 0 fully saturated rings. The molecule has 1 aliphatic rings. The molecule has 0 unspecified atom stereocenters. The average molecular weight is 269 g/mol. The van der Waals surface area contributed by atoms with Crippen LogP contribution in [0.2, 0.25) is 0 Å². The molecule has 0 radical (unpaired) electrons. The molecule has 104 valence electrons. The Morgan fingerprint density at radius 3 is 2.90 bits per heavy atom. The molecule has 20 heavy (non-hydrogen) atoms. The lowest BCUT2D eigenvalue weighted by molar-refractivity contribution is 0.358. The quantitative estimate of drug-likeness (QED) is 0.930. The number of para-hydroxylation sites is 1. The van der Waals surface area contributed by atoms with Crippen molar-refractivity contribution in [1.82, 2.24) is 9.97 Å². The first kappa shape index (κ1) is 12.9. The lowest BCUT2D eigenvalue weighted by atomic mass is 10.0. The van der Waals surface area contributed by atoms with Crippen LogP contribution in [-0.2, 0) is 12.8 Å². The van der Waals surface area contributed by atoms with E-state index in [1.54, 1.807) is 0 Å². The van der Waals surface area contributed by atoms with Gasteiger partial charge in [0.25, 0.3) is 0 Å². The van der Waals surface area contributed by atoms with Gasteiger partial charge in [0.15, 0.2) is 0 Å². The smallest absolute Gasteiger partial charge is 0.133 e. The van der Waals surface area contributed by atoms with Gasteiger partial charge in [0.05, 0.1) is 12.3 Å². The summed E-state index contributed by atoms with van der Waals surface area (Å²) in [5.74, 6) is 2.73. The summed E-state index contributed by atoms with van der Waals surface area (Å²) in [5.41, 5.74) is 4.38. The van der Waals surface area contributed by atoms with Gasteiger partial charge in [0, 0.05) is 31.0 Å². The summed E-state index contributed by atoms with van der Waals surface area (Å²) in [4.78, 5) is 9.24. The normalized spacial score (nSPS) is 12.9. The molecule has 3 rings (SSSR count). The zero-order valence-electron chi connectivity index (χ0n) is 12.2. The van der Waals surface area contributed by atoms with Crippen LogP contribution in [0.15, 0.2) is 18.2 Å². The number of aryl methyl sites for hydroxylation is 1. The van der Waals surface area contributed by atoms with Crippen LogP contribution in [-0.4, -0.2) is 23.6 Å². The summed E-state index contributed by atoms with van der Waals surface area (Å²) in [6.45, 7) is 4.88. The number of rotatable bonds is 3. The topological polar surface area (TPSA) is 47.0 Å². The number of anilines is 1. The molecular formula is C16H19N3O. The Morgan fingerprint density at radius 2 is 2.15 bits per heavy atom. The van der Waals surface area contributed by atoms with E-state index < -0.39 is 0 Å². The van der Waals surface area contributed by atoms with Gasteiger partial charge in [-0.15, -0.1) is 0 Å². The van der Waals surface area contributed by atoms with E-state index in [1.807, 2.05) is 7.05 Å². The van der Waals surface area contributed by atoms with Crippen LogP contribution in [0.4, 0.5) is 5.82 Å². The third-order valence-electron chi connectivity index (χ3n) is 3.71. The Balaban J connectivity index is 2.22. The molecule has 1 aromatic carbocycles. The first-order chi connectivity index (χ1) is 9.74. The van der Waals surface area contributed by atoms with E-state index in [9.17, 15) is 0 Å². The Labute approximate surface area is 119 Å². The fourth-order valence-electron chi connectivity index (χ4n) is 2.63. The summed E-state index contributed by atoms with van der Waals surface area (Å²) in [6.07, 6.45) is 1.80. The monoisotopic (exact) mass is 269 g/mol. The summed E-state index contributed by atoms with van der Waals surface area (Å²) >= 11 is 0. The van der Waals surface area contributed by atoms with E-state index in [0.717, 1.165) is 53.7 Å². The standard InChI is InChI=1S/C16H19N3O/c1-4-13-18-14(10(2)16(17-3)19-13)12-7-5-6-11-8-9-20-15(11)12/h5-7H,4,8-9H2,1-3H3,(H,17,18,19). The van der Waals surface area contributed by atoms with Crippen LogP contribution in [0.25, 0.3) is 11.3 Å². The van der Waals surface area contributed by atoms with Gasteiger partial charge in [-0.3, -0.25) is 0 Å². The van der Waals surface area contributed by atoms with E-state index in [4.69, 9.17) is 9.72 Å². The highest BCUT2D eigenvalue weighted by molar-refractivity contribution is 5.75. The van der Waals surface area contributed by atoms with E-state index in [0.29, 0.717) is 0 Å². The number of hydrogen-bond acceptors (Lipinski definition) is 4. The summed E-state index contributed by atoms with van der Waals surface area (Å²) < 4.78 is 5.81. The molecule has 1 N–H and O–H groups in total. The van der Waals surface area contributed by atoms with Crippen molar-refractivity contribution in [2.45, 2.75) is 26.7 Å². The maximum atomic E-state index is 5.81. The molecule has 0 bridgehead atoms.